The van der Waals surface area contributed by atoms with Crippen molar-refractivity contribution >= 4 is 11.8 Å². The Kier molecular flexibility index (Phi) is 3.37. The summed E-state index contributed by atoms with van der Waals surface area (Å²) < 4.78 is 4.00. The van der Waals surface area contributed by atoms with Crippen molar-refractivity contribution < 1.29 is 0 Å². The first-order chi connectivity index (χ1) is 9.34. The quantitative estimate of drug-likeness (QED) is 0.684. The summed E-state index contributed by atoms with van der Waals surface area (Å²) in [5, 5.41) is 9.30. The van der Waals surface area contributed by atoms with Gasteiger partial charge in [-0.05, 0) is 24.6 Å². The molecule has 0 amide bonds. The van der Waals surface area contributed by atoms with E-state index in [0.29, 0.717) is 0 Å². The van der Waals surface area contributed by atoms with E-state index in [0.717, 1.165) is 16.7 Å². The Labute approximate surface area is 116 Å². The Morgan fingerprint density at radius 2 is 1.74 bits per heavy atom. The van der Waals surface area contributed by atoms with Crippen LogP contribution in [0, 0.1) is 6.92 Å². The summed E-state index contributed by atoms with van der Waals surface area (Å²) in [6, 6.07) is 14.4. The third-order valence-electron chi connectivity index (χ3n) is 2.80. The number of aromatic nitrogens is 4. The topological polar surface area (TPSA) is 35.6 Å². The van der Waals surface area contributed by atoms with Crippen molar-refractivity contribution in [2.75, 3.05) is 0 Å². The molecule has 3 rings (SSSR count). The van der Waals surface area contributed by atoms with Crippen molar-refractivity contribution in [3.05, 3.63) is 66.2 Å². The highest BCUT2D eigenvalue weighted by molar-refractivity contribution is 7.98. The molecule has 0 fully saturated rings. The summed E-state index contributed by atoms with van der Waals surface area (Å²) in [6.07, 6.45) is 3.98. The van der Waals surface area contributed by atoms with E-state index in [9.17, 15) is 0 Å². The monoisotopic (exact) mass is 270 g/mol. The Morgan fingerprint density at radius 1 is 1.00 bits per heavy atom. The van der Waals surface area contributed by atoms with Crippen molar-refractivity contribution in [1.82, 2.24) is 19.5 Å². The Balaban J connectivity index is 1.83. The molecule has 19 heavy (non-hydrogen) atoms. The third kappa shape index (κ3) is 2.56. The largest absolute Gasteiger partial charge is 0.261 e. The minimum Gasteiger partial charge on any atom is -0.261 e. The number of thioether (sulfide) groups is 1. The molecule has 0 spiro atoms. The van der Waals surface area contributed by atoms with Crippen LogP contribution < -0.4 is 0 Å². The molecule has 5 heteroatoms. The first-order valence-corrected chi connectivity index (χ1v) is 7.05. The summed E-state index contributed by atoms with van der Waals surface area (Å²) in [4.78, 5) is 0. The average Bonchev–Trinajstić information content (AvgIpc) is 3.07. The zero-order chi connectivity index (χ0) is 13.1. The molecule has 0 aliphatic rings. The van der Waals surface area contributed by atoms with E-state index in [4.69, 9.17) is 0 Å². The predicted octanol–water partition coefficient (Wildman–Crippen LogP) is 2.99. The van der Waals surface area contributed by atoms with Crippen LogP contribution in [-0.2, 0) is 5.75 Å². The van der Waals surface area contributed by atoms with Crippen LogP contribution in [0.4, 0.5) is 0 Å². The van der Waals surface area contributed by atoms with Crippen LogP contribution in [0.2, 0.25) is 0 Å². The van der Waals surface area contributed by atoms with Gasteiger partial charge in [-0.1, -0.05) is 42.1 Å². The molecule has 3 aromatic rings. The maximum atomic E-state index is 4.24. The van der Waals surface area contributed by atoms with E-state index in [2.05, 4.69) is 34.5 Å². The molecule has 0 aliphatic heterocycles. The van der Waals surface area contributed by atoms with Crippen molar-refractivity contribution in [1.29, 1.82) is 0 Å². The van der Waals surface area contributed by atoms with E-state index < -0.39 is 0 Å². The van der Waals surface area contributed by atoms with Gasteiger partial charge >= 0.3 is 0 Å². The maximum Gasteiger partial charge on any atom is 0.211 e. The summed E-state index contributed by atoms with van der Waals surface area (Å²) in [6.45, 7) is 1.96. The van der Waals surface area contributed by atoms with Gasteiger partial charge in [-0.25, -0.2) is 4.68 Å². The van der Waals surface area contributed by atoms with Crippen molar-refractivity contribution in [2.45, 2.75) is 17.8 Å². The highest BCUT2D eigenvalue weighted by Gasteiger charge is 2.10. The summed E-state index contributed by atoms with van der Waals surface area (Å²) >= 11 is 1.69. The fraction of sp³-hybridized carbons (Fsp3) is 0.143. The molecule has 0 atom stereocenters. The van der Waals surface area contributed by atoms with Crippen LogP contribution in [0.5, 0.6) is 0 Å². The Hall–Kier alpha value is -2.01. The van der Waals surface area contributed by atoms with E-state index in [-0.39, 0.29) is 0 Å². The summed E-state index contributed by atoms with van der Waals surface area (Å²) in [5.41, 5.74) is 1.28. The second kappa shape index (κ2) is 5.32. The molecule has 0 aliphatic carbocycles. The lowest BCUT2D eigenvalue weighted by Crippen LogP contribution is -2.09. The average molecular weight is 270 g/mol. The Bertz CT molecular complexity index is 643. The zero-order valence-corrected chi connectivity index (χ0v) is 11.4. The number of hydrogen-bond donors (Lipinski definition) is 0. The van der Waals surface area contributed by atoms with Gasteiger partial charge in [0.1, 0.15) is 0 Å². The molecule has 0 saturated heterocycles. The van der Waals surface area contributed by atoms with E-state index in [1.807, 2.05) is 46.9 Å². The summed E-state index contributed by atoms with van der Waals surface area (Å²) in [5.74, 6) is 1.77. The fourth-order valence-electron chi connectivity index (χ4n) is 1.88. The number of benzene rings is 1. The highest BCUT2D eigenvalue weighted by atomic mass is 32.2. The number of rotatable bonds is 4. The van der Waals surface area contributed by atoms with Crippen LogP contribution in [0.15, 0.2) is 60.0 Å². The number of nitrogens with zero attached hydrogens (tertiary/aromatic N) is 4. The molecule has 0 radical (unpaired) electrons. The van der Waals surface area contributed by atoms with E-state index in [1.54, 1.807) is 11.8 Å². The smallest absolute Gasteiger partial charge is 0.211 e. The molecule has 0 N–H and O–H groups in total. The molecule has 0 bridgehead atoms. The number of hydrogen-bond acceptors (Lipinski definition) is 3. The first-order valence-electron chi connectivity index (χ1n) is 6.07. The standard InChI is InChI=1S/C14H14N4S/c1-12-15-16-14(18(12)17-9-5-6-10-17)19-11-13-7-3-2-4-8-13/h2-10H,11H2,1H3. The van der Waals surface area contributed by atoms with Gasteiger partial charge in [0.15, 0.2) is 5.82 Å². The first kappa shape index (κ1) is 12.0. The lowest BCUT2D eigenvalue weighted by atomic mass is 10.2. The van der Waals surface area contributed by atoms with Gasteiger partial charge in [0, 0.05) is 18.1 Å². The summed E-state index contributed by atoms with van der Waals surface area (Å²) in [7, 11) is 0. The molecule has 4 nitrogen and oxygen atoms in total. The van der Waals surface area contributed by atoms with Crippen LogP contribution in [0.25, 0.3) is 0 Å². The molecule has 2 aromatic heterocycles. The van der Waals surface area contributed by atoms with Gasteiger partial charge < -0.3 is 0 Å². The van der Waals surface area contributed by atoms with E-state index >= 15 is 0 Å². The fourth-order valence-corrected chi connectivity index (χ4v) is 2.81. The van der Waals surface area contributed by atoms with Gasteiger partial charge in [0.25, 0.3) is 0 Å². The SMILES string of the molecule is Cc1nnc(SCc2ccccc2)n1-n1cccc1. The molecule has 96 valence electrons. The normalized spacial score (nSPS) is 10.8. The highest BCUT2D eigenvalue weighted by Crippen LogP contribution is 2.21. The van der Waals surface area contributed by atoms with Gasteiger partial charge in [0.2, 0.25) is 5.16 Å². The van der Waals surface area contributed by atoms with E-state index in [1.165, 1.54) is 5.56 Å². The third-order valence-corrected chi connectivity index (χ3v) is 3.79. The molecular weight excluding hydrogens is 256 g/mol. The van der Waals surface area contributed by atoms with Crippen LogP contribution >= 0.6 is 11.8 Å². The molecule has 0 unspecified atom stereocenters. The Morgan fingerprint density at radius 3 is 2.47 bits per heavy atom. The number of aryl methyl sites for hydroxylation is 1. The van der Waals surface area contributed by atoms with Gasteiger partial charge in [-0.3, -0.25) is 4.68 Å². The molecule has 0 saturated carbocycles. The minimum absolute atomic E-state index is 0.881. The molecular formula is C14H14N4S. The molecule has 1 aromatic carbocycles. The molecule has 2 heterocycles. The second-order valence-electron chi connectivity index (χ2n) is 4.18. The second-order valence-corrected chi connectivity index (χ2v) is 5.12. The van der Waals surface area contributed by atoms with Crippen LogP contribution in [0.3, 0.4) is 0 Å². The lowest BCUT2D eigenvalue weighted by molar-refractivity contribution is 0.580. The van der Waals surface area contributed by atoms with Crippen molar-refractivity contribution in [2.24, 2.45) is 0 Å². The van der Waals surface area contributed by atoms with Crippen molar-refractivity contribution in [3.63, 3.8) is 0 Å². The van der Waals surface area contributed by atoms with Crippen molar-refractivity contribution in [3.8, 4) is 0 Å². The zero-order valence-electron chi connectivity index (χ0n) is 10.6. The predicted molar refractivity (Wildman–Crippen MR) is 76.0 cm³/mol. The lowest BCUT2D eigenvalue weighted by Gasteiger charge is -2.09. The van der Waals surface area contributed by atoms with Gasteiger partial charge in [-0.15, -0.1) is 10.2 Å². The van der Waals surface area contributed by atoms with Gasteiger partial charge in [-0.2, -0.15) is 0 Å². The van der Waals surface area contributed by atoms with Gasteiger partial charge in [0.05, 0.1) is 0 Å². The minimum atomic E-state index is 0.881. The van der Waals surface area contributed by atoms with Crippen LogP contribution in [-0.4, -0.2) is 19.5 Å². The maximum absolute atomic E-state index is 4.24. The van der Waals surface area contributed by atoms with Crippen LogP contribution in [0.1, 0.15) is 11.4 Å².